The summed E-state index contributed by atoms with van der Waals surface area (Å²) in [7, 11) is 0. The molecule has 0 saturated heterocycles. The van der Waals surface area contributed by atoms with Gasteiger partial charge in [0.2, 0.25) is 12.9 Å². The Morgan fingerprint density at radius 3 is 2.72 bits per heavy atom. The summed E-state index contributed by atoms with van der Waals surface area (Å²) in [5, 5.41) is 0.359. The summed E-state index contributed by atoms with van der Waals surface area (Å²) in [6.45, 7) is 0.0321. The van der Waals surface area contributed by atoms with Gasteiger partial charge in [-0.2, -0.15) is 4.99 Å². The summed E-state index contributed by atoms with van der Waals surface area (Å²) >= 11 is 6.17. The smallest absolute Gasteiger partial charge is 0.235 e. The van der Waals surface area contributed by atoms with E-state index < -0.39 is 5.54 Å². The molecule has 0 spiro atoms. The van der Waals surface area contributed by atoms with Gasteiger partial charge in [-0.15, -0.1) is 0 Å². The monoisotopic (exact) mass is 265 g/mol. The minimum Gasteiger partial charge on any atom is -0.453 e. The second-order valence-electron chi connectivity index (χ2n) is 4.24. The number of rotatable bonds is 3. The summed E-state index contributed by atoms with van der Waals surface area (Å²) in [4.78, 5) is 25.3. The quantitative estimate of drug-likeness (QED) is 0.477. The van der Waals surface area contributed by atoms with Crippen LogP contribution in [-0.4, -0.2) is 19.2 Å². The normalized spacial score (nSPS) is 18.1. The molecule has 1 aromatic carbocycles. The molecule has 5 nitrogen and oxygen atoms in total. The van der Waals surface area contributed by atoms with Crippen molar-refractivity contribution in [1.82, 2.24) is 0 Å². The van der Waals surface area contributed by atoms with Crippen molar-refractivity contribution in [2.45, 2.75) is 18.4 Å². The molecule has 0 bridgehead atoms. The molecule has 1 fully saturated rings. The zero-order valence-electron chi connectivity index (χ0n) is 9.23. The highest BCUT2D eigenvalue weighted by Gasteiger charge is 2.50. The average molecular weight is 266 g/mol. The Kier molecular flexibility index (Phi) is 2.40. The fourth-order valence-corrected chi connectivity index (χ4v) is 2.59. The lowest BCUT2D eigenvalue weighted by molar-refractivity contribution is 0.111. The molecular weight excluding hydrogens is 258 g/mol. The summed E-state index contributed by atoms with van der Waals surface area (Å²) in [6.07, 6.45) is 3.64. The van der Waals surface area contributed by atoms with E-state index in [1.54, 1.807) is 6.08 Å². The predicted octanol–water partition coefficient (Wildman–Crippen LogP) is 2.21. The van der Waals surface area contributed by atoms with Gasteiger partial charge in [0.05, 0.1) is 10.6 Å². The van der Waals surface area contributed by atoms with Crippen LogP contribution in [0.15, 0.2) is 11.1 Å². The molecule has 1 saturated carbocycles. The molecule has 3 rings (SSSR count). The van der Waals surface area contributed by atoms with Gasteiger partial charge in [0.15, 0.2) is 17.8 Å². The highest BCUT2D eigenvalue weighted by Crippen LogP contribution is 2.58. The molecule has 0 amide bonds. The van der Waals surface area contributed by atoms with Crippen LogP contribution < -0.4 is 9.47 Å². The van der Waals surface area contributed by atoms with Crippen molar-refractivity contribution < 1.29 is 19.1 Å². The number of isocyanates is 1. The zero-order chi connectivity index (χ0) is 12.8. The van der Waals surface area contributed by atoms with Gasteiger partial charge in [-0.3, -0.25) is 4.79 Å². The molecule has 6 heteroatoms. The van der Waals surface area contributed by atoms with Gasteiger partial charge in [-0.25, -0.2) is 4.79 Å². The number of carbonyl (C=O) groups is 1. The van der Waals surface area contributed by atoms with Gasteiger partial charge < -0.3 is 9.47 Å². The number of halogens is 1. The molecule has 0 aromatic heterocycles. The number of nitrogens with zero attached hydrogens (tertiary/aromatic N) is 1. The number of aldehydes is 1. The van der Waals surface area contributed by atoms with Gasteiger partial charge in [0, 0.05) is 5.56 Å². The first-order chi connectivity index (χ1) is 8.72. The molecule has 0 unspecified atom stereocenters. The Bertz CT molecular complexity index is 588. The van der Waals surface area contributed by atoms with Crippen molar-refractivity contribution in [3.8, 4) is 11.5 Å². The van der Waals surface area contributed by atoms with Crippen LogP contribution in [0.3, 0.4) is 0 Å². The van der Waals surface area contributed by atoms with Crippen molar-refractivity contribution in [2.75, 3.05) is 6.79 Å². The second-order valence-corrected chi connectivity index (χ2v) is 4.65. The predicted molar refractivity (Wildman–Crippen MR) is 62.0 cm³/mol. The van der Waals surface area contributed by atoms with E-state index in [9.17, 15) is 9.59 Å². The van der Waals surface area contributed by atoms with Crippen molar-refractivity contribution in [2.24, 2.45) is 4.99 Å². The van der Waals surface area contributed by atoms with Gasteiger partial charge in [0.25, 0.3) is 0 Å². The van der Waals surface area contributed by atoms with E-state index in [-0.39, 0.29) is 6.79 Å². The number of hydrogen-bond acceptors (Lipinski definition) is 5. The Morgan fingerprint density at radius 1 is 1.39 bits per heavy atom. The van der Waals surface area contributed by atoms with Crippen LogP contribution in [0.4, 0.5) is 0 Å². The first-order valence-corrected chi connectivity index (χ1v) is 5.76. The van der Waals surface area contributed by atoms with E-state index in [4.69, 9.17) is 21.1 Å². The maximum absolute atomic E-state index is 10.9. The SMILES string of the molecule is O=C=NC1(c2c(Cl)cc(C=O)c3c2OCO3)CC1. The summed E-state index contributed by atoms with van der Waals surface area (Å²) < 4.78 is 10.6. The highest BCUT2D eigenvalue weighted by molar-refractivity contribution is 6.32. The van der Waals surface area contributed by atoms with Gasteiger partial charge in [-0.05, 0) is 18.9 Å². The second kappa shape index (κ2) is 3.83. The fraction of sp³-hybridized carbons (Fsp3) is 0.333. The van der Waals surface area contributed by atoms with Crippen LogP contribution in [0.2, 0.25) is 5.02 Å². The van der Waals surface area contributed by atoms with E-state index in [1.807, 2.05) is 0 Å². The van der Waals surface area contributed by atoms with Crippen LogP contribution in [0.1, 0.15) is 28.8 Å². The molecule has 1 aliphatic heterocycles. The van der Waals surface area contributed by atoms with Gasteiger partial charge in [-0.1, -0.05) is 11.6 Å². The lowest BCUT2D eigenvalue weighted by Gasteiger charge is -2.14. The minimum absolute atomic E-state index is 0.0321. The zero-order valence-corrected chi connectivity index (χ0v) is 9.99. The van der Waals surface area contributed by atoms with Crippen LogP contribution >= 0.6 is 11.6 Å². The Labute approximate surface area is 107 Å². The third-order valence-electron chi connectivity index (χ3n) is 3.20. The molecule has 0 atom stereocenters. The van der Waals surface area contributed by atoms with Crippen molar-refractivity contribution in [3.05, 3.63) is 22.2 Å². The molecule has 2 aliphatic rings. The highest BCUT2D eigenvalue weighted by atomic mass is 35.5. The van der Waals surface area contributed by atoms with Crippen molar-refractivity contribution >= 4 is 24.0 Å². The van der Waals surface area contributed by atoms with E-state index in [0.29, 0.717) is 46.8 Å². The van der Waals surface area contributed by atoms with Crippen LogP contribution in [-0.2, 0) is 10.3 Å². The van der Waals surface area contributed by atoms with Gasteiger partial charge >= 0.3 is 0 Å². The Balaban J connectivity index is 2.25. The number of carbonyl (C=O) groups excluding carboxylic acids is 2. The summed E-state index contributed by atoms with van der Waals surface area (Å²) in [5.41, 5.74) is 0.297. The fourth-order valence-electron chi connectivity index (χ4n) is 2.21. The maximum Gasteiger partial charge on any atom is 0.235 e. The minimum atomic E-state index is -0.655. The van der Waals surface area contributed by atoms with Gasteiger partial charge in [0.1, 0.15) is 5.54 Å². The largest absolute Gasteiger partial charge is 0.453 e. The summed E-state index contributed by atoms with van der Waals surface area (Å²) in [5.74, 6) is 0.790. The number of ether oxygens (including phenoxy) is 2. The average Bonchev–Trinajstić information content (AvgIpc) is 2.96. The van der Waals surface area contributed by atoms with Crippen molar-refractivity contribution in [1.29, 1.82) is 0 Å². The van der Waals surface area contributed by atoms with Crippen LogP contribution in [0, 0.1) is 0 Å². The molecule has 0 radical (unpaired) electrons. The third-order valence-corrected chi connectivity index (χ3v) is 3.50. The lowest BCUT2D eigenvalue weighted by atomic mass is 10.0. The molecule has 1 aromatic rings. The number of hydrogen-bond donors (Lipinski definition) is 0. The molecule has 92 valence electrons. The van der Waals surface area contributed by atoms with Crippen LogP contribution in [0.25, 0.3) is 0 Å². The molecular formula is C12H8ClNO4. The number of fused-ring (bicyclic) bond motifs is 1. The molecule has 1 aliphatic carbocycles. The Morgan fingerprint density at radius 2 is 2.11 bits per heavy atom. The van der Waals surface area contributed by atoms with E-state index in [2.05, 4.69) is 4.99 Å². The number of aliphatic imine (C=N–C) groups is 1. The standard InChI is InChI=1S/C12H8ClNO4/c13-8-3-7(4-15)10-11(18-6-17-10)9(8)12(1-2-12)14-5-16/h3-4H,1-2,6H2. The van der Waals surface area contributed by atoms with E-state index in [0.717, 1.165) is 0 Å². The first kappa shape index (κ1) is 11.3. The van der Waals surface area contributed by atoms with E-state index >= 15 is 0 Å². The summed E-state index contributed by atoms with van der Waals surface area (Å²) in [6, 6.07) is 1.51. The maximum atomic E-state index is 10.9. The topological polar surface area (TPSA) is 65.0 Å². The van der Waals surface area contributed by atoms with E-state index in [1.165, 1.54) is 6.07 Å². The van der Waals surface area contributed by atoms with Crippen LogP contribution in [0.5, 0.6) is 11.5 Å². The third kappa shape index (κ3) is 1.45. The first-order valence-electron chi connectivity index (χ1n) is 5.38. The number of benzene rings is 1. The Hall–Kier alpha value is -1.84. The lowest BCUT2D eigenvalue weighted by Crippen LogP contribution is -2.06. The molecule has 18 heavy (non-hydrogen) atoms. The van der Waals surface area contributed by atoms with Crippen molar-refractivity contribution in [3.63, 3.8) is 0 Å². The molecule has 1 heterocycles. The molecule has 0 N–H and O–H groups in total.